The topological polar surface area (TPSA) is 18.5 Å². The summed E-state index contributed by atoms with van der Waals surface area (Å²) in [4.78, 5) is 0. The van der Waals surface area contributed by atoms with Gasteiger partial charge in [0.2, 0.25) is 0 Å². The van der Waals surface area contributed by atoms with Gasteiger partial charge in [0, 0.05) is 11.1 Å². The molecule has 0 fully saturated rings. The van der Waals surface area contributed by atoms with E-state index in [4.69, 9.17) is 8.85 Å². The van der Waals surface area contributed by atoms with E-state index in [1.54, 1.807) is 0 Å². The maximum absolute atomic E-state index is 6.89. The first kappa shape index (κ1) is 30.4. The third kappa shape index (κ3) is 5.70. The van der Waals surface area contributed by atoms with Crippen LogP contribution in [0.15, 0.2) is 49.6 Å². The molecular weight excluding hydrogens is 473 g/mol. The number of fused-ring (bicyclic) bond motifs is 1. The van der Waals surface area contributed by atoms with Crippen molar-refractivity contribution in [2.24, 2.45) is 0 Å². The standard InChI is InChI=1S/C32H52O2Si2/c1-21(2)35(22(3)4,23(5)6)33-27(13)30-17-15-29-16-18-31(20-32(29)19-30)28(14)34-36(24(7)8,25(9)10)26(11)12/h15-26H,13-14H2,1-12H3. The zero-order valence-corrected chi connectivity index (χ0v) is 27.2. The number of benzene rings is 2. The van der Waals surface area contributed by atoms with Crippen LogP contribution in [0.1, 0.15) is 94.2 Å². The minimum atomic E-state index is -2.06. The Balaban J connectivity index is 2.44. The molecule has 2 nitrogen and oxygen atoms in total. The SMILES string of the molecule is C=C(O[Si](C(C)C)(C(C)C)C(C)C)c1ccc2ccc(C(=C)O[Si](C(C)C)(C(C)C)C(C)C)cc2c1. The summed E-state index contributed by atoms with van der Waals surface area (Å²) >= 11 is 0. The fraction of sp³-hybridized carbons (Fsp3) is 0.562. The first-order valence-corrected chi connectivity index (χ1v) is 18.2. The summed E-state index contributed by atoms with van der Waals surface area (Å²) in [6.07, 6.45) is 0. The Morgan fingerprint density at radius 2 is 0.778 bits per heavy atom. The van der Waals surface area contributed by atoms with Crippen molar-refractivity contribution in [3.05, 3.63) is 60.7 Å². The van der Waals surface area contributed by atoms with E-state index in [0.29, 0.717) is 33.2 Å². The highest BCUT2D eigenvalue weighted by Gasteiger charge is 2.48. The lowest BCUT2D eigenvalue weighted by atomic mass is 10.0. The van der Waals surface area contributed by atoms with Gasteiger partial charge in [-0.05, 0) is 56.2 Å². The number of rotatable bonds is 12. The second-order valence-electron chi connectivity index (χ2n) is 12.5. The van der Waals surface area contributed by atoms with E-state index < -0.39 is 16.6 Å². The van der Waals surface area contributed by atoms with E-state index >= 15 is 0 Å². The molecule has 0 atom stereocenters. The summed E-state index contributed by atoms with van der Waals surface area (Å²) in [6.45, 7) is 36.6. The Hall–Kier alpha value is -1.79. The molecule has 2 aromatic rings. The van der Waals surface area contributed by atoms with Crippen LogP contribution < -0.4 is 0 Å². The van der Waals surface area contributed by atoms with Gasteiger partial charge in [-0.2, -0.15) is 0 Å². The molecule has 0 amide bonds. The van der Waals surface area contributed by atoms with Gasteiger partial charge in [0.25, 0.3) is 16.6 Å². The van der Waals surface area contributed by atoms with Gasteiger partial charge >= 0.3 is 0 Å². The van der Waals surface area contributed by atoms with Crippen molar-refractivity contribution in [3.63, 3.8) is 0 Å². The van der Waals surface area contributed by atoms with Gasteiger partial charge < -0.3 is 8.85 Å². The van der Waals surface area contributed by atoms with Crippen LogP contribution in [-0.4, -0.2) is 16.6 Å². The molecule has 2 aromatic carbocycles. The van der Waals surface area contributed by atoms with Crippen LogP contribution in [0.3, 0.4) is 0 Å². The molecule has 0 heterocycles. The van der Waals surface area contributed by atoms with Crippen LogP contribution in [-0.2, 0) is 8.85 Å². The Morgan fingerprint density at radius 1 is 0.500 bits per heavy atom. The molecule has 36 heavy (non-hydrogen) atoms. The maximum atomic E-state index is 6.89. The van der Waals surface area contributed by atoms with Crippen molar-refractivity contribution >= 4 is 38.9 Å². The molecule has 0 saturated heterocycles. The van der Waals surface area contributed by atoms with Crippen molar-refractivity contribution < 1.29 is 8.85 Å². The molecule has 0 radical (unpaired) electrons. The molecule has 0 aliphatic carbocycles. The Morgan fingerprint density at radius 3 is 1.03 bits per heavy atom. The summed E-state index contributed by atoms with van der Waals surface area (Å²) in [5, 5.41) is 2.36. The van der Waals surface area contributed by atoms with Crippen LogP contribution in [0.25, 0.3) is 22.3 Å². The van der Waals surface area contributed by atoms with E-state index in [2.05, 4.69) is 133 Å². The van der Waals surface area contributed by atoms with E-state index in [9.17, 15) is 0 Å². The van der Waals surface area contributed by atoms with Gasteiger partial charge in [-0.15, -0.1) is 0 Å². The maximum Gasteiger partial charge on any atom is 0.258 e. The first-order chi connectivity index (χ1) is 16.6. The minimum Gasteiger partial charge on any atom is -0.543 e. The fourth-order valence-corrected chi connectivity index (χ4v) is 17.3. The quantitative estimate of drug-likeness (QED) is 0.203. The first-order valence-electron chi connectivity index (χ1n) is 13.9. The highest BCUT2D eigenvalue weighted by Crippen LogP contribution is 2.46. The second kappa shape index (κ2) is 11.7. The Kier molecular flexibility index (Phi) is 9.91. The monoisotopic (exact) mass is 524 g/mol. The van der Waals surface area contributed by atoms with Crippen LogP contribution in [0, 0.1) is 0 Å². The summed E-state index contributed by atoms with van der Waals surface area (Å²) in [7, 11) is -4.12. The highest BCUT2D eigenvalue weighted by atomic mass is 28.4. The van der Waals surface area contributed by atoms with Gasteiger partial charge in [-0.3, -0.25) is 0 Å². The molecule has 4 heteroatoms. The number of hydrogen-bond acceptors (Lipinski definition) is 2. The van der Waals surface area contributed by atoms with E-state index in [0.717, 1.165) is 28.0 Å². The normalized spacial score (nSPS) is 13.1. The average molecular weight is 525 g/mol. The fourth-order valence-electron chi connectivity index (χ4n) is 6.85. The molecule has 0 aromatic heterocycles. The molecule has 2 rings (SSSR count). The van der Waals surface area contributed by atoms with Crippen molar-refractivity contribution in [2.75, 3.05) is 0 Å². The Labute approximate surface area is 224 Å². The van der Waals surface area contributed by atoms with Crippen molar-refractivity contribution in [1.82, 2.24) is 0 Å². The third-order valence-electron chi connectivity index (χ3n) is 8.50. The van der Waals surface area contributed by atoms with Gasteiger partial charge in [-0.1, -0.05) is 121 Å². The van der Waals surface area contributed by atoms with E-state index in [1.165, 1.54) is 5.39 Å². The zero-order valence-electron chi connectivity index (χ0n) is 25.2. The lowest BCUT2D eigenvalue weighted by molar-refractivity contribution is 0.445. The molecule has 0 aliphatic heterocycles. The van der Waals surface area contributed by atoms with Gasteiger partial charge in [0.15, 0.2) is 0 Å². The molecular formula is C32H52O2Si2. The summed E-state index contributed by atoms with van der Waals surface area (Å²) < 4.78 is 13.8. The van der Waals surface area contributed by atoms with Crippen molar-refractivity contribution in [1.29, 1.82) is 0 Å². The van der Waals surface area contributed by atoms with Crippen molar-refractivity contribution in [3.8, 4) is 0 Å². The molecule has 0 spiro atoms. The average Bonchev–Trinajstić information content (AvgIpc) is 2.78. The molecule has 0 saturated carbocycles. The van der Waals surface area contributed by atoms with Crippen LogP contribution in [0.4, 0.5) is 0 Å². The smallest absolute Gasteiger partial charge is 0.258 e. The molecule has 0 bridgehead atoms. The summed E-state index contributed by atoms with van der Waals surface area (Å²) in [5.41, 5.74) is 5.16. The highest BCUT2D eigenvalue weighted by molar-refractivity contribution is 6.78. The molecule has 0 N–H and O–H groups in total. The van der Waals surface area contributed by atoms with Gasteiger partial charge in [0.1, 0.15) is 11.5 Å². The Bertz CT molecular complexity index is 939. The van der Waals surface area contributed by atoms with E-state index in [-0.39, 0.29) is 0 Å². The van der Waals surface area contributed by atoms with E-state index in [1.807, 2.05) is 0 Å². The van der Waals surface area contributed by atoms with Crippen LogP contribution in [0.5, 0.6) is 0 Å². The van der Waals surface area contributed by atoms with Crippen LogP contribution >= 0.6 is 0 Å². The molecule has 0 unspecified atom stereocenters. The van der Waals surface area contributed by atoms with Crippen LogP contribution in [0.2, 0.25) is 33.2 Å². The third-order valence-corrected chi connectivity index (χ3v) is 20.5. The zero-order chi connectivity index (χ0) is 27.6. The number of hydrogen-bond donors (Lipinski definition) is 0. The van der Waals surface area contributed by atoms with Gasteiger partial charge in [-0.25, -0.2) is 0 Å². The van der Waals surface area contributed by atoms with Gasteiger partial charge in [0.05, 0.1) is 0 Å². The minimum absolute atomic E-state index is 0.508. The largest absolute Gasteiger partial charge is 0.543 e. The van der Waals surface area contributed by atoms with Crippen molar-refractivity contribution in [2.45, 2.75) is 116 Å². The second-order valence-corrected chi connectivity index (χ2v) is 23.2. The molecule has 0 aliphatic rings. The predicted molar refractivity (Wildman–Crippen MR) is 166 cm³/mol. The summed E-state index contributed by atoms with van der Waals surface area (Å²) in [5.74, 6) is 1.59. The lowest BCUT2D eigenvalue weighted by Gasteiger charge is -2.43. The summed E-state index contributed by atoms with van der Waals surface area (Å²) in [6, 6.07) is 13.1. The lowest BCUT2D eigenvalue weighted by Crippen LogP contribution is -2.47. The molecule has 200 valence electrons. The predicted octanol–water partition coefficient (Wildman–Crippen LogP) is 11.2.